The minimum absolute atomic E-state index is 0.170. The Bertz CT molecular complexity index is 491. The average Bonchev–Trinajstić information content (AvgIpc) is 2.46. The number of ether oxygens (including phenoxy) is 2. The molecule has 6 heteroatoms. The molecule has 5 nitrogen and oxygen atoms in total. The van der Waals surface area contributed by atoms with E-state index in [0.717, 1.165) is 0 Å². The van der Waals surface area contributed by atoms with Gasteiger partial charge in [-0.15, -0.1) is 0 Å². The summed E-state index contributed by atoms with van der Waals surface area (Å²) in [6.07, 6.45) is 0. The molecule has 0 N–H and O–H groups in total. The Hall–Kier alpha value is -1.40. The van der Waals surface area contributed by atoms with Gasteiger partial charge in [-0.05, 0) is 28.1 Å². The third kappa shape index (κ3) is 2.96. The van der Waals surface area contributed by atoms with Crippen LogP contribution in [0.5, 0.6) is 0 Å². The van der Waals surface area contributed by atoms with Gasteiger partial charge < -0.3 is 14.4 Å². The number of carbonyl (C=O) groups is 2. The Kier molecular flexibility index (Phi) is 4.55. The number of nitrogens with zero attached hydrogens (tertiary/aromatic N) is 1. The molecule has 1 atom stereocenters. The van der Waals surface area contributed by atoms with E-state index in [0.29, 0.717) is 23.2 Å². The van der Waals surface area contributed by atoms with Crippen LogP contribution in [0, 0.1) is 0 Å². The Morgan fingerprint density at radius 3 is 2.84 bits per heavy atom. The van der Waals surface area contributed by atoms with Crippen LogP contribution in [-0.4, -0.2) is 49.7 Å². The van der Waals surface area contributed by atoms with Crippen molar-refractivity contribution in [3.63, 3.8) is 0 Å². The van der Waals surface area contributed by atoms with Crippen molar-refractivity contribution >= 4 is 27.8 Å². The van der Waals surface area contributed by atoms with Crippen LogP contribution in [0.3, 0.4) is 0 Å². The van der Waals surface area contributed by atoms with Gasteiger partial charge in [0.1, 0.15) is 0 Å². The van der Waals surface area contributed by atoms with Gasteiger partial charge in [0, 0.05) is 11.0 Å². The molecule has 0 aromatic heterocycles. The Morgan fingerprint density at radius 1 is 1.42 bits per heavy atom. The smallest absolute Gasteiger partial charge is 0.331 e. The predicted octanol–water partition coefficient (Wildman–Crippen LogP) is 1.46. The van der Waals surface area contributed by atoms with Crippen molar-refractivity contribution in [2.24, 2.45) is 0 Å². The van der Waals surface area contributed by atoms with E-state index in [1.165, 1.54) is 12.0 Å². The third-order valence-electron chi connectivity index (χ3n) is 2.97. The highest BCUT2D eigenvalue weighted by molar-refractivity contribution is 9.10. The highest BCUT2D eigenvalue weighted by Gasteiger charge is 2.34. The number of hydrogen-bond donors (Lipinski definition) is 0. The lowest BCUT2D eigenvalue weighted by Crippen LogP contribution is -2.53. The van der Waals surface area contributed by atoms with Crippen molar-refractivity contribution in [2.75, 3.05) is 26.9 Å². The summed E-state index contributed by atoms with van der Waals surface area (Å²) in [7, 11) is 1.30. The summed E-state index contributed by atoms with van der Waals surface area (Å²) in [4.78, 5) is 25.7. The SMILES string of the molecule is COC(=O)C1COCCN1C(=O)c1ccccc1Br. The number of morpholine rings is 1. The molecular formula is C13H14BrNO4. The summed E-state index contributed by atoms with van der Waals surface area (Å²) in [5.41, 5.74) is 0.526. The molecule has 1 unspecified atom stereocenters. The van der Waals surface area contributed by atoms with Gasteiger partial charge in [0.25, 0.3) is 5.91 Å². The van der Waals surface area contributed by atoms with Gasteiger partial charge >= 0.3 is 5.97 Å². The lowest BCUT2D eigenvalue weighted by Gasteiger charge is -2.33. The van der Waals surface area contributed by atoms with Crippen molar-refractivity contribution in [1.29, 1.82) is 0 Å². The lowest BCUT2D eigenvalue weighted by molar-refractivity contribution is -0.151. The fourth-order valence-electron chi connectivity index (χ4n) is 1.97. The van der Waals surface area contributed by atoms with Crippen molar-refractivity contribution in [3.05, 3.63) is 34.3 Å². The molecule has 19 heavy (non-hydrogen) atoms. The number of halogens is 1. The van der Waals surface area contributed by atoms with Crippen LogP contribution in [0.2, 0.25) is 0 Å². The number of benzene rings is 1. The van der Waals surface area contributed by atoms with Gasteiger partial charge in [-0.1, -0.05) is 12.1 Å². The quantitative estimate of drug-likeness (QED) is 0.772. The molecule has 1 saturated heterocycles. The monoisotopic (exact) mass is 327 g/mol. The van der Waals surface area contributed by atoms with Crippen LogP contribution in [0.25, 0.3) is 0 Å². The fourth-order valence-corrected chi connectivity index (χ4v) is 2.42. The van der Waals surface area contributed by atoms with Gasteiger partial charge in [-0.3, -0.25) is 4.79 Å². The summed E-state index contributed by atoms with van der Waals surface area (Å²) in [5.74, 6) is -0.661. The van der Waals surface area contributed by atoms with Crippen LogP contribution in [-0.2, 0) is 14.3 Å². The first kappa shape index (κ1) is 14.0. The minimum atomic E-state index is -0.682. The number of esters is 1. The molecule has 1 heterocycles. The molecule has 2 rings (SSSR count). The molecule has 1 aromatic rings. The number of rotatable bonds is 2. The first-order valence-corrected chi connectivity index (χ1v) is 6.65. The van der Waals surface area contributed by atoms with E-state index >= 15 is 0 Å². The summed E-state index contributed by atoms with van der Waals surface area (Å²) >= 11 is 3.34. The van der Waals surface area contributed by atoms with Crippen molar-refractivity contribution in [3.8, 4) is 0 Å². The summed E-state index contributed by atoms with van der Waals surface area (Å²) in [6, 6.07) is 6.44. The summed E-state index contributed by atoms with van der Waals surface area (Å²) in [6.45, 7) is 0.965. The highest BCUT2D eigenvalue weighted by atomic mass is 79.9. The molecule has 102 valence electrons. The van der Waals surface area contributed by atoms with Gasteiger partial charge in [0.05, 0.1) is 25.9 Å². The minimum Gasteiger partial charge on any atom is -0.467 e. The number of amides is 1. The first-order chi connectivity index (χ1) is 9.15. The maximum atomic E-state index is 12.5. The normalized spacial score (nSPS) is 19.1. The summed E-state index contributed by atoms with van der Waals surface area (Å²) < 4.78 is 10.7. The molecule has 1 aromatic carbocycles. The van der Waals surface area contributed by atoms with E-state index in [4.69, 9.17) is 9.47 Å². The van der Waals surface area contributed by atoms with E-state index in [2.05, 4.69) is 15.9 Å². The molecule has 1 amide bonds. The fraction of sp³-hybridized carbons (Fsp3) is 0.385. The van der Waals surface area contributed by atoms with Crippen LogP contribution >= 0.6 is 15.9 Å². The maximum absolute atomic E-state index is 12.5. The zero-order valence-corrected chi connectivity index (χ0v) is 12.1. The van der Waals surface area contributed by atoms with Crippen molar-refractivity contribution in [2.45, 2.75) is 6.04 Å². The molecule has 0 aliphatic carbocycles. The van der Waals surface area contributed by atoms with Gasteiger partial charge in [-0.25, -0.2) is 4.79 Å². The topological polar surface area (TPSA) is 55.8 Å². The van der Waals surface area contributed by atoms with Gasteiger partial charge in [-0.2, -0.15) is 0 Å². The summed E-state index contributed by atoms with van der Waals surface area (Å²) in [5, 5.41) is 0. The van der Waals surface area contributed by atoms with Crippen molar-refractivity contribution in [1.82, 2.24) is 4.90 Å². The second-order valence-electron chi connectivity index (χ2n) is 4.09. The Labute approximate surface area is 119 Å². The van der Waals surface area contributed by atoms with E-state index in [-0.39, 0.29) is 12.5 Å². The molecule has 0 spiro atoms. The second-order valence-corrected chi connectivity index (χ2v) is 4.95. The number of hydrogen-bond acceptors (Lipinski definition) is 4. The first-order valence-electron chi connectivity index (χ1n) is 5.86. The molecule has 0 radical (unpaired) electrons. The molecule has 0 saturated carbocycles. The molecule has 0 bridgehead atoms. The number of methoxy groups -OCH3 is 1. The van der Waals surface area contributed by atoms with Crippen LogP contribution in [0.15, 0.2) is 28.7 Å². The number of carbonyl (C=O) groups excluding carboxylic acids is 2. The van der Waals surface area contributed by atoms with E-state index in [9.17, 15) is 9.59 Å². The zero-order chi connectivity index (χ0) is 13.8. The highest BCUT2D eigenvalue weighted by Crippen LogP contribution is 2.20. The molecule has 1 aliphatic heterocycles. The predicted molar refractivity (Wildman–Crippen MR) is 71.8 cm³/mol. The average molecular weight is 328 g/mol. The molecule has 1 fully saturated rings. The van der Waals surface area contributed by atoms with Gasteiger partial charge in [0.15, 0.2) is 6.04 Å². The van der Waals surface area contributed by atoms with E-state index in [1.54, 1.807) is 18.2 Å². The Balaban J connectivity index is 2.25. The zero-order valence-electron chi connectivity index (χ0n) is 10.5. The lowest BCUT2D eigenvalue weighted by atomic mass is 10.1. The van der Waals surface area contributed by atoms with E-state index < -0.39 is 12.0 Å². The van der Waals surface area contributed by atoms with Crippen LogP contribution in [0.1, 0.15) is 10.4 Å². The largest absolute Gasteiger partial charge is 0.467 e. The molecular weight excluding hydrogens is 314 g/mol. The standard InChI is InChI=1S/C13H14BrNO4/c1-18-13(17)11-8-19-7-6-15(11)12(16)9-4-2-3-5-10(9)14/h2-5,11H,6-8H2,1H3. The second kappa shape index (κ2) is 6.16. The third-order valence-corrected chi connectivity index (χ3v) is 3.66. The van der Waals surface area contributed by atoms with E-state index in [1.807, 2.05) is 6.07 Å². The van der Waals surface area contributed by atoms with Crippen LogP contribution < -0.4 is 0 Å². The Morgan fingerprint density at radius 2 is 2.16 bits per heavy atom. The van der Waals surface area contributed by atoms with Crippen LogP contribution in [0.4, 0.5) is 0 Å². The molecule has 1 aliphatic rings. The van der Waals surface area contributed by atoms with Gasteiger partial charge in [0.2, 0.25) is 0 Å². The maximum Gasteiger partial charge on any atom is 0.331 e. The van der Waals surface area contributed by atoms with Crippen molar-refractivity contribution < 1.29 is 19.1 Å².